The lowest BCUT2D eigenvalue weighted by Gasteiger charge is -2.25. The number of hydrogen-bond acceptors (Lipinski definition) is 6. The molecule has 0 spiro atoms. The Hall–Kier alpha value is -3.08. The Morgan fingerprint density at radius 2 is 2.00 bits per heavy atom. The zero-order valence-electron chi connectivity index (χ0n) is 21.3. The summed E-state index contributed by atoms with van der Waals surface area (Å²) in [5, 5.41) is 18.2. The van der Waals surface area contributed by atoms with Crippen molar-refractivity contribution >= 4 is 32.5 Å². The lowest BCUT2D eigenvalue weighted by atomic mass is 9.85. The maximum Gasteiger partial charge on any atom is 0.150 e. The summed E-state index contributed by atoms with van der Waals surface area (Å²) in [7, 11) is 0. The zero-order chi connectivity index (χ0) is 25.5. The summed E-state index contributed by atoms with van der Waals surface area (Å²) in [6, 6.07) is 8.42. The van der Waals surface area contributed by atoms with E-state index in [-0.39, 0.29) is 6.23 Å². The second kappa shape index (κ2) is 10.2. The molecular formula is C28H31BrN8O. The van der Waals surface area contributed by atoms with Gasteiger partial charge in [0, 0.05) is 41.0 Å². The molecule has 38 heavy (non-hydrogen) atoms. The Labute approximate surface area is 229 Å². The van der Waals surface area contributed by atoms with Gasteiger partial charge in [-0.1, -0.05) is 33.6 Å². The molecule has 0 radical (unpaired) electrons. The summed E-state index contributed by atoms with van der Waals surface area (Å²) >= 11 is 3.68. The molecule has 1 N–H and O–H groups in total. The van der Waals surface area contributed by atoms with Gasteiger partial charge in [-0.05, 0) is 68.3 Å². The first kappa shape index (κ1) is 24.0. The van der Waals surface area contributed by atoms with Crippen molar-refractivity contribution in [1.29, 1.82) is 0 Å². The maximum atomic E-state index is 5.99. The molecule has 1 atom stereocenters. The minimum Gasteiger partial charge on any atom is -0.356 e. The van der Waals surface area contributed by atoms with E-state index in [1.54, 1.807) is 0 Å². The van der Waals surface area contributed by atoms with Crippen LogP contribution in [-0.4, -0.2) is 47.3 Å². The lowest BCUT2D eigenvalue weighted by Crippen LogP contribution is -2.26. The molecule has 2 aliphatic rings. The van der Waals surface area contributed by atoms with Gasteiger partial charge in [0.1, 0.15) is 11.3 Å². The normalized spacial score (nSPS) is 18.4. The number of halogens is 1. The van der Waals surface area contributed by atoms with Crippen molar-refractivity contribution in [3.8, 4) is 11.3 Å². The highest BCUT2D eigenvalue weighted by Crippen LogP contribution is 2.34. The summed E-state index contributed by atoms with van der Waals surface area (Å²) in [6.07, 6.45) is 15.5. The smallest absolute Gasteiger partial charge is 0.150 e. The minimum absolute atomic E-state index is 0.0202. The number of rotatable bonds is 8. The van der Waals surface area contributed by atoms with E-state index in [4.69, 9.17) is 9.72 Å². The number of aromatic nitrogens is 7. The van der Waals surface area contributed by atoms with Gasteiger partial charge in [0.15, 0.2) is 6.23 Å². The average molecular weight is 576 g/mol. The number of benzene rings is 1. The quantitative estimate of drug-likeness (QED) is 0.269. The Balaban J connectivity index is 1.09. The monoisotopic (exact) mass is 574 g/mol. The molecule has 0 amide bonds. The molecule has 2 fully saturated rings. The first-order valence-electron chi connectivity index (χ1n) is 13.6. The minimum atomic E-state index is -0.0202. The summed E-state index contributed by atoms with van der Waals surface area (Å²) in [5.74, 6) is 0.862. The molecule has 5 aromatic rings. The summed E-state index contributed by atoms with van der Waals surface area (Å²) in [5.41, 5.74) is 5.99. The summed E-state index contributed by atoms with van der Waals surface area (Å²) < 4.78 is 12.9. The van der Waals surface area contributed by atoms with E-state index in [2.05, 4.69) is 77.7 Å². The van der Waals surface area contributed by atoms with Crippen LogP contribution in [0.25, 0.3) is 27.8 Å². The zero-order valence-corrected chi connectivity index (χ0v) is 22.8. The van der Waals surface area contributed by atoms with Gasteiger partial charge in [0.2, 0.25) is 0 Å². The highest BCUT2D eigenvalue weighted by atomic mass is 79.9. The molecule has 4 aromatic heterocycles. The van der Waals surface area contributed by atoms with E-state index in [1.807, 2.05) is 21.8 Å². The third-order valence-corrected chi connectivity index (χ3v) is 8.25. The molecule has 1 aliphatic carbocycles. The Morgan fingerprint density at radius 1 is 1.05 bits per heavy atom. The van der Waals surface area contributed by atoms with Gasteiger partial charge in [-0.2, -0.15) is 5.10 Å². The van der Waals surface area contributed by atoms with Crippen molar-refractivity contribution < 1.29 is 4.74 Å². The predicted octanol–water partition coefficient (Wildman–Crippen LogP) is 5.34. The molecule has 7 rings (SSSR count). The second-order valence-corrected chi connectivity index (χ2v) is 11.5. The molecule has 196 valence electrons. The van der Waals surface area contributed by atoms with Gasteiger partial charge in [-0.15, -0.1) is 5.10 Å². The lowest BCUT2D eigenvalue weighted by molar-refractivity contribution is -0.0366. The van der Waals surface area contributed by atoms with Crippen LogP contribution in [0.15, 0.2) is 53.5 Å². The van der Waals surface area contributed by atoms with Crippen molar-refractivity contribution in [3.63, 3.8) is 0 Å². The Bertz CT molecular complexity index is 1580. The molecule has 5 heterocycles. The van der Waals surface area contributed by atoms with Crippen molar-refractivity contribution in [3.05, 3.63) is 64.8 Å². The van der Waals surface area contributed by atoms with Crippen LogP contribution >= 0.6 is 15.9 Å². The predicted molar refractivity (Wildman–Crippen MR) is 149 cm³/mol. The fraction of sp³-hybridized carbons (Fsp3) is 0.429. The largest absolute Gasteiger partial charge is 0.356 e. The average Bonchev–Trinajstić information content (AvgIpc) is 3.63. The van der Waals surface area contributed by atoms with Gasteiger partial charge in [-0.25, -0.2) is 14.3 Å². The van der Waals surface area contributed by atoms with Gasteiger partial charge >= 0.3 is 0 Å². The molecule has 1 unspecified atom stereocenters. The van der Waals surface area contributed by atoms with E-state index in [0.717, 1.165) is 82.9 Å². The highest BCUT2D eigenvalue weighted by Gasteiger charge is 2.21. The van der Waals surface area contributed by atoms with Crippen LogP contribution in [0.5, 0.6) is 0 Å². The molecule has 10 heteroatoms. The third-order valence-electron chi connectivity index (χ3n) is 7.80. The van der Waals surface area contributed by atoms with Crippen LogP contribution in [0, 0.1) is 5.92 Å². The first-order valence-corrected chi connectivity index (χ1v) is 14.3. The van der Waals surface area contributed by atoms with Crippen LogP contribution in [0.2, 0.25) is 0 Å². The molecule has 9 nitrogen and oxygen atoms in total. The maximum absolute atomic E-state index is 5.99. The molecule has 1 saturated heterocycles. The molecular weight excluding hydrogens is 544 g/mol. The van der Waals surface area contributed by atoms with Crippen LogP contribution in [0.1, 0.15) is 56.0 Å². The molecule has 1 saturated carbocycles. The topological polar surface area (TPSA) is 87.1 Å². The van der Waals surface area contributed by atoms with Gasteiger partial charge in [0.05, 0.1) is 30.1 Å². The van der Waals surface area contributed by atoms with E-state index in [1.165, 1.54) is 24.8 Å². The fourth-order valence-electron chi connectivity index (χ4n) is 5.52. The van der Waals surface area contributed by atoms with Gasteiger partial charge in [-0.3, -0.25) is 0 Å². The number of fused-ring (bicyclic) bond motifs is 2. The highest BCUT2D eigenvalue weighted by molar-refractivity contribution is 9.10. The van der Waals surface area contributed by atoms with Crippen LogP contribution in [0.4, 0.5) is 0 Å². The van der Waals surface area contributed by atoms with Crippen LogP contribution in [-0.2, 0) is 17.8 Å². The fourth-order valence-corrected chi connectivity index (χ4v) is 5.97. The number of imidazole rings is 1. The van der Waals surface area contributed by atoms with E-state index in [0.29, 0.717) is 6.54 Å². The summed E-state index contributed by atoms with van der Waals surface area (Å²) in [6.45, 7) is 3.33. The number of nitrogens with zero attached hydrogens (tertiary/aromatic N) is 7. The Morgan fingerprint density at radius 3 is 2.84 bits per heavy atom. The van der Waals surface area contributed by atoms with Gasteiger partial charge < -0.3 is 14.5 Å². The van der Waals surface area contributed by atoms with E-state index in [9.17, 15) is 0 Å². The summed E-state index contributed by atoms with van der Waals surface area (Å²) in [4.78, 5) is 4.80. The standard InChI is InChI=1S/C28H31BrN8O/c29-21-10-23(24-14-31-37(26(24)11-21)28-6-1-2-9-38-28)25-18-36(34-33-25)17-22-16-35-15-20(7-8-27(35)32-22)13-30-12-19-4-3-5-19/h7-8,10-11,14-16,18-19,28,30H,1-6,9,12-13,17H2. The van der Waals surface area contributed by atoms with Crippen molar-refractivity contribution in [2.24, 2.45) is 5.92 Å². The number of ether oxygens (including phenoxy) is 1. The molecule has 1 aliphatic heterocycles. The third kappa shape index (κ3) is 4.76. The first-order chi connectivity index (χ1) is 18.7. The van der Waals surface area contributed by atoms with Crippen molar-refractivity contribution in [2.45, 2.75) is 57.8 Å². The molecule has 0 bridgehead atoms. The Kier molecular flexibility index (Phi) is 6.46. The van der Waals surface area contributed by atoms with Crippen LogP contribution < -0.4 is 5.32 Å². The number of nitrogens with one attached hydrogen (secondary N) is 1. The number of pyridine rings is 1. The van der Waals surface area contributed by atoms with E-state index < -0.39 is 0 Å². The van der Waals surface area contributed by atoms with Gasteiger partial charge in [0.25, 0.3) is 0 Å². The molecule has 1 aromatic carbocycles. The van der Waals surface area contributed by atoms with Crippen molar-refractivity contribution in [1.82, 2.24) is 39.5 Å². The van der Waals surface area contributed by atoms with E-state index >= 15 is 0 Å². The van der Waals surface area contributed by atoms with Crippen molar-refractivity contribution in [2.75, 3.05) is 13.2 Å². The SMILES string of the molecule is Brc1cc(-c2cn(Cc3cn4cc(CNCC5CCC5)ccc4n3)nn2)c2cnn(C3CCCCO3)c2c1. The second-order valence-electron chi connectivity index (χ2n) is 10.6. The number of hydrogen-bond donors (Lipinski definition) is 1. The van der Waals surface area contributed by atoms with Crippen LogP contribution in [0.3, 0.4) is 0 Å².